The first-order chi connectivity index (χ1) is 18.6. The quantitative estimate of drug-likeness (QED) is 0.525. The smallest absolute Gasteiger partial charge is 0.149 e. The van der Waals surface area contributed by atoms with Gasteiger partial charge < -0.3 is 29.5 Å². The van der Waals surface area contributed by atoms with Crippen molar-refractivity contribution >= 4 is 28.4 Å². The fourth-order valence-corrected chi connectivity index (χ4v) is 5.66. The third-order valence-electron chi connectivity index (χ3n) is 7.87. The first-order valence-electron chi connectivity index (χ1n) is 13.9. The van der Waals surface area contributed by atoms with Crippen molar-refractivity contribution in [3.8, 4) is 5.75 Å². The van der Waals surface area contributed by atoms with E-state index in [9.17, 15) is 0 Å². The highest BCUT2D eigenvalue weighted by molar-refractivity contribution is 5.85. The summed E-state index contributed by atoms with van der Waals surface area (Å²) in [6, 6.07) is 6.74. The molecule has 0 spiro atoms. The van der Waals surface area contributed by atoms with Crippen LogP contribution < -0.4 is 19.9 Å². The molecule has 10 nitrogen and oxygen atoms in total. The summed E-state index contributed by atoms with van der Waals surface area (Å²) >= 11 is 0. The van der Waals surface area contributed by atoms with E-state index in [1.165, 1.54) is 0 Å². The molecule has 0 atom stereocenters. The minimum atomic E-state index is 0.159. The van der Waals surface area contributed by atoms with Gasteiger partial charge in [-0.2, -0.15) is 0 Å². The Morgan fingerprint density at radius 1 is 0.868 bits per heavy atom. The van der Waals surface area contributed by atoms with Gasteiger partial charge in [0, 0.05) is 75.5 Å². The largest absolute Gasteiger partial charge is 0.488 e. The van der Waals surface area contributed by atoms with E-state index in [1.54, 1.807) is 12.4 Å². The number of nitrogens with zero attached hydrogens (tertiary/aromatic N) is 7. The third kappa shape index (κ3) is 5.76. The Hall–Kier alpha value is -3.24. The zero-order valence-electron chi connectivity index (χ0n) is 22.5. The molecular weight excluding hydrogens is 480 g/mol. The van der Waals surface area contributed by atoms with E-state index in [0.29, 0.717) is 6.04 Å². The number of benzene rings is 1. The molecule has 3 aromatic rings. The summed E-state index contributed by atoms with van der Waals surface area (Å²) in [4.78, 5) is 25.6. The van der Waals surface area contributed by atoms with Gasteiger partial charge in [-0.05, 0) is 45.7 Å². The number of aromatic nitrogens is 4. The van der Waals surface area contributed by atoms with Crippen molar-refractivity contribution < 1.29 is 9.47 Å². The van der Waals surface area contributed by atoms with Gasteiger partial charge in [-0.15, -0.1) is 0 Å². The Labute approximate surface area is 224 Å². The second-order valence-corrected chi connectivity index (χ2v) is 10.7. The Kier molecular flexibility index (Phi) is 7.42. The number of rotatable bonds is 6. The number of piperazine rings is 1. The van der Waals surface area contributed by atoms with Gasteiger partial charge in [0.25, 0.3) is 0 Å². The third-order valence-corrected chi connectivity index (χ3v) is 7.87. The predicted molar refractivity (Wildman–Crippen MR) is 149 cm³/mol. The van der Waals surface area contributed by atoms with Crippen LogP contribution in [0, 0.1) is 6.92 Å². The molecular formula is C28H38N8O2. The second kappa shape index (κ2) is 11.2. The lowest BCUT2D eigenvalue weighted by molar-refractivity contribution is 0.122. The van der Waals surface area contributed by atoms with Crippen molar-refractivity contribution in [2.24, 2.45) is 0 Å². The molecule has 6 rings (SSSR count). The molecule has 1 aliphatic carbocycles. The van der Waals surface area contributed by atoms with Gasteiger partial charge in [-0.1, -0.05) is 0 Å². The normalized spacial score (nSPS) is 23.0. The van der Waals surface area contributed by atoms with Gasteiger partial charge in [0.05, 0.1) is 24.8 Å². The van der Waals surface area contributed by atoms with Gasteiger partial charge in [-0.3, -0.25) is 4.98 Å². The van der Waals surface area contributed by atoms with Crippen LogP contribution in [0.2, 0.25) is 0 Å². The summed E-state index contributed by atoms with van der Waals surface area (Å²) in [5, 5.41) is 3.69. The summed E-state index contributed by atoms with van der Waals surface area (Å²) in [5.41, 5.74) is 2.83. The maximum absolute atomic E-state index is 6.60. The molecule has 3 fully saturated rings. The van der Waals surface area contributed by atoms with E-state index in [1.807, 2.05) is 6.92 Å². The summed E-state index contributed by atoms with van der Waals surface area (Å²) in [6.45, 7) is 9.35. The van der Waals surface area contributed by atoms with Crippen molar-refractivity contribution in [2.75, 3.05) is 74.6 Å². The minimum absolute atomic E-state index is 0.159. The molecule has 202 valence electrons. The van der Waals surface area contributed by atoms with Crippen LogP contribution in [0.15, 0.2) is 30.6 Å². The highest BCUT2D eigenvalue weighted by atomic mass is 16.5. The van der Waals surface area contributed by atoms with Gasteiger partial charge in [-0.25, -0.2) is 15.0 Å². The summed E-state index contributed by atoms with van der Waals surface area (Å²) < 4.78 is 12.1. The number of aryl methyl sites for hydroxylation is 1. The van der Waals surface area contributed by atoms with Gasteiger partial charge in [0.2, 0.25) is 0 Å². The fraction of sp³-hybridized carbons (Fsp3) is 0.571. The molecule has 1 N–H and O–H groups in total. The minimum Gasteiger partial charge on any atom is -0.488 e. The molecule has 2 saturated heterocycles. The number of likely N-dealkylation sites (N-methyl/N-ethyl adjacent to an activating group) is 1. The lowest BCUT2D eigenvalue weighted by Crippen LogP contribution is -2.45. The van der Waals surface area contributed by atoms with Gasteiger partial charge >= 0.3 is 0 Å². The molecule has 3 aliphatic rings. The monoisotopic (exact) mass is 518 g/mol. The highest BCUT2D eigenvalue weighted by Gasteiger charge is 2.25. The zero-order chi connectivity index (χ0) is 25.9. The number of ether oxygens (including phenoxy) is 2. The highest BCUT2D eigenvalue weighted by Crippen LogP contribution is 2.33. The maximum atomic E-state index is 6.60. The van der Waals surface area contributed by atoms with E-state index in [2.05, 4.69) is 55.2 Å². The number of hydrogen-bond donors (Lipinski definition) is 1. The first kappa shape index (κ1) is 25.1. The molecule has 0 amide bonds. The van der Waals surface area contributed by atoms with Crippen molar-refractivity contribution in [1.29, 1.82) is 0 Å². The number of fused-ring (bicyclic) bond motifs is 1. The van der Waals surface area contributed by atoms with Crippen molar-refractivity contribution in [1.82, 2.24) is 24.8 Å². The molecule has 38 heavy (non-hydrogen) atoms. The average molecular weight is 519 g/mol. The standard InChI is InChI=1S/C28H38N8O2/c1-20-31-26(19-27(32-20)36-11-9-34(2)10-12-36)33-21-3-5-23(6-4-21)38-25-18-22(35-13-15-37-16-14-35)17-24-28(25)30-8-7-29-24/h7-8,17-19,21,23H,3-6,9-16H2,1-2H3,(H,31,32,33). The Morgan fingerprint density at radius 2 is 1.63 bits per heavy atom. The maximum Gasteiger partial charge on any atom is 0.149 e. The van der Waals surface area contributed by atoms with E-state index >= 15 is 0 Å². The number of hydrogen-bond acceptors (Lipinski definition) is 10. The summed E-state index contributed by atoms with van der Waals surface area (Å²) in [6.07, 6.45) is 7.67. The van der Waals surface area contributed by atoms with Crippen LogP contribution in [0.25, 0.3) is 11.0 Å². The number of nitrogens with one attached hydrogen (secondary N) is 1. The average Bonchev–Trinajstić information content (AvgIpc) is 2.94. The molecule has 0 unspecified atom stereocenters. The van der Waals surface area contributed by atoms with Crippen molar-refractivity contribution in [3.63, 3.8) is 0 Å². The van der Waals surface area contributed by atoms with Crippen LogP contribution in [0.3, 0.4) is 0 Å². The molecule has 1 aromatic carbocycles. The lowest BCUT2D eigenvalue weighted by atomic mass is 9.93. The molecule has 10 heteroatoms. The van der Waals surface area contributed by atoms with Crippen molar-refractivity contribution in [3.05, 3.63) is 36.4 Å². The molecule has 2 aliphatic heterocycles. The molecule has 0 bridgehead atoms. The van der Waals surface area contributed by atoms with Gasteiger partial charge in [0.15, 0.2) is 0 Å². The van der Waals surface area contributed by atoms with Crippen LogP contribution in [-0.4, -0.2) is 96.5 Å². The SMILES string of the molecule is Cc1nc(NC2CCC(Oc3cc(N4CCOCC4)cc4nccnc34)CC2)cc(N2CCN(C)CC2)n1. The first-order valence-corrected chi connectivity index (χ1v) is 13.9. The number of morpholine rings is 1. The number of anilines is 3. The van der Waals surface area contributed by atoms with Crippen LogP contribution >= 0.6 is 0 Å². The fourth-order valence-electron chi connectivity index (χ4n) is 5.66. The van der Waals surface area contributed by atoms with Crippen LogP contribution in [0.4, 0.5) is 17.3 Å². The molecule has 1 saturated carbocycles. The van der Waals surface area contributed by atoms with Crippen LogP contribution in [0.1, 0.15) is 31.5 Å². The van der Waals surface area contributed by atoms with E-state index in [4.69, 9.17) is 19.4 Å². The van der Waals surface area contributed by atoms with Crippen LogP contribution in [0.5, 0.6) is 5.75 Å². The molecule has 4 heterocycles. The van der Waals surface area contributed by atoms with E-state index in [-0.39, 0.29) is 6.10 Å². The Balaban J connectivity index is 1.10. The zero-order valence-corrected chi connectivity index (χ0v) is 22.5. The second-order valence-electron chi connectivity index (χ2n) is 10.7. The van der Waals surface area contributed by atoms with Crippen molar-refractivity contribution in [2.45, 2.75) is 44.8 Å². The molecule has 0 radical (unpaired) electrons. The predicted octanol–water partition coefficient (Wildman–Crippen LogP) is 3.12. The van der Waals surface area contributed by atoms with Crippen LogP contribution in [-0.2, 0) is 4.74 Å². The van der Waals surface area contributed by atoms with E-state index in [0.717, 1.165) is 118 Å². The summed E-state index contributed by atoms with van der Waals surface area (Å²) in [7, 11) is 2.17. The van der Waals surface area contributed by atoms with Gasteiger partial charge in [0.1, 0.15) is 28.7 Å². The Bertz CT molecular complexity index is 1230. The van der Waals surface area contributed by atoms with E-state index < -0.39 is 0 Å². The molecule has 2 aromatic heterocycles. The topological polar surface area (TPSA) is 91.8 Å². The Morgan fingerprint density at radius 3 is 2.42 bits per heavy atom. The lowest BCUT2D eigenvalue weighted by Gasteiger charge is -2.34. The summed E-state index contributed by atoms with van der Waals surface area (Å²) in [5.74, 6) is 3.60.